The molecule has 4 heteroatoms. The van der Waals surface area contributed by atoms with E-state index in [-0.39, 0.29) is 0 Å². The number of nitrogens with zero attached hydrogens (tertiary/aromatic N) is 1. The first-order valence-corrected chi connectivity index (χ1v) is 5.72. The first kappa shape index (κ1) is 10.6. The van der Waals surface area contributed by atoms with Gasteiger partial charge in [-0.15, -0.1) is 0 Å². The summed E-state index contributed by atoms with van der Waals surface area (Å²) >= 11 is 0. The lowest BCUT2D eigenvalue weighted by atomic mass is 10.2. The summed E-state index contributed by atoms with van der Waals surface area (Å²) in [6.07, 6.45) is 5.13. The Bertz CT molecular complexity index is 292. The lowest BCUT2D eigenvalue weighted by Crippen LogP contribution is -2.42. The topological polar surface area (TPSA) is 49.9 Å². The van der Waals surface area contributed by atoms with Crippen molar-refractivity contribution < 1.29 is 4.74 Å². The number of imidazole rings is 1. The summed E-state index contributed by atoms with van der Waals surface area (Å²) in [7, 11) is 0. The number of aryl methyl sites for hydroxylation is 1. The highest BCUT2D eigenvalue weighted by Crippen LogP contribution is 2.05. The van der Waals surface area contributed by atoms with Gasteiger partial charge in [-0.25, -0.2) is 4.98 Å². The van der Waals surface area contributed by atoms with Crippen LogP contribution in [0.15, 0.2) is 6.20 Å². The Morgan fingerprint density at radius 2 is 2.53 bits per heavy atom. The Labute approximate surface area is 90.4 Å². The van der Waals surface area contributed by atoms with Gasteiger partial charge in [0.25, 0.3) is 0 Å². The van der Waals surface area contributed by atoms with Crippen LogP contribution >= 0.6 is 0 Å². The molecule has 1 aliphatic rings. The predicted octanol–water partition coefficient (Wildman–Crippen LogP) is 0.893. The van der Waals surface area contributed by atoms with E-state index in [0.29, 0.717) is 6.04 Å². The van der Waals surface area contributed by atoms with E-state index in [1.54, 1.807) is 0 Å². The number of hydrogen-bond acceptors (Lipinski definition) is 3. The summed E-state index contributed by atoms with van der Waals surface area (Å²) in [5, 5.41) is 3.42. The second kappa shape index (κ2) is 5.28. The molecule has 0 amide bonds. The van der Waals surface area contributed by atoms with Crippen LogP contribution in [0.4, 0.5) is 0 Å². The highest BCUT2D eigenvalue weighted by molar-refractivity contribution is 5.02. The van der Waals surface area contributed by atoms with Crippen LogP contribution in [0.3, 0.4) is 0 Å². The van der Waals surface area contributed by atoms with Crippen LogP contribution in [0.2, 0.25) is 0 Å². The molecule has 1 saturated heterocycles. The van der Waals surface area contributed by atoms with Gasteiger partial charge in [0.2, 0.25) is 0 Å². The van der Waals surface area contributed by atoms with Crippen LogP contribution in [0.5, 0.6) is 0 Å². The molecule has 84 valence electrons. The smallest absolute Gasteiger partial charge is 0.107 e. The normalized spacial score (nSPS) is 21.8. The van der Waals surface area contributed by atoms with E-state index in [0.717, 1.165) is 44.8 Å². The summed E-state index contributed by atoms with van der Waals surface area (Å²) in [6.45, 7) is 4.75. The number of H-pyrrole nitrogens is 1. The number of morpholine rings is 1. The van der Waals surface area contributed by atoms with Crippen LogP contribution in [0, 0.1) is 0 Å². The molecule has 2 heterocycles. The first-order chi connectivity index (χ1) is 7.38. The molecule has 0 bridgehead atoms. The van der Waals surface area contributed by atoms with E-state index in [1.165, 1.54) is 5.69 Å². The SMILES string of the molecule is CCCc1cnc(CC2COCCN2)[nH]1. The molecule has 1 fully saturated rings. The summed E-state index contributed by atoms with van der Waals surface area (Å²) in [5.74, 6) is 1.07. The summed E-state index contributed by atoms with van der Waals surface area (Å²) in [6, 6.07) is 0.416. The van der Waals surface area contributed by atoms with Crippen LogP contribution in [-0.4, -0.2) is 35.8 Å². The minimum atomic E-state index is 0.416. The number of rotatable bonds is 4. The zero-order valence-electron chi connectivity index (χ0n) is 9.25. The fourth-order valence-corrected chi connectivity index (χ4v) is 1.89. The number of nitrogens with one attached hydrogen (secondary N) is 2. The van der Waals surface area contributed by atoms with E-state index in [9.17, 15) is 0 Å². The Morgan fingerprint density at radius 1 is 1.60 bits per heavy atom. The van der Waals surface area contributed by atoms with Gasteiger partial charge in [-0.3, -0.25) is 0 Å². The van der Waals surface area contributed by atoms with Gasteiger partial charge in [-0.1, -0.05) is 13.3 Å². The minimum Gasteiger partial charge on any atom is -0.379 e. The summed E-state index contributed by atoms with van der Waals surface area (Å²) in [4.78, 5) is 7.73. The third-order valence-electron chi connectivity index (χ3n) is 2.64. The molecule has 0 radical (unpaired) electrons. The van der Waals surface area contributed by atoms with E-state index >= 15 is 0 Å². The molecule has 4 nitrogen and oxygen atoms in total. The molecule has 0 spiro atoms. The average Bonchev–Trinajstić information content (AvgIpc) is 2.68. The van der Waals surface area contributed by atoms with Gasteiger partial charge in [0.15, 0.2) is 0 Å². The van der Waals surface area contributed by atoms with Crippen LogP contribution in [0.1, 0.15) is 24.9 Å². The molecule has 0 aliphatic carbocycles. The number of aromatic amines is 1. The second-order valence-corrected chi connectivity index (χ2v) is 4.04. The monoisotopic (exact) mass is 209 g/mol. The molecular formula is C11H19N3O. The van der Waals surface area contributed by atoms with Crippen molar-refractivity contribution in [1.82, 2.24) is 15.3 Å². The fourth-order valence-electron chi connectivity index (χ4n) is 1.89. The molecule has 0 aromatic carbocycles. The maximum absolute atomic E-state index is 5.40. The first-order valence-electron chi connectivity index (χ1n) is 5.72. The molecule has 1 unspecified atom stereocenters. The Morgan fingerprint density at radius 3 is 3.27 bits per heavy atom. The van der Waals surface area contributed by atoms with Gasteiger partial charge in [-0.2, -0.15) is 0 Å². The summed E-state index contributed by atoms with van der Waals surface area (Å²) in [5.41, 5.74) is 1.24. The third kappa shape index (κ3) is 3.04. The maximum atomic E-state index is 5.40. The molecule has 2 N–H and O–H groups in total. The van der Waals surface area contributed by atoms with E-state index in [1.807, 2.05) is 6.20 Å². The van der Waals surface area contributed by atoms with E-state index < -0.39 is 0 Å². The van der Waals surface area contributed by atoms with Crippen molar-refractivity contribution in [3.8, 4) is 0 Å². The largest absolute Gasteiger partial charge is 0.379 e. The van der Waals surface area contributed by atoms with E-state index in [2.05, 4.69) is 22.2 Å². The van der Waals surface area contributed by atoms with E-state index in [4.69, 9.17) is 4.74 Å². The molecule has 1 atom stereocenters. The van der Waals surface area contributed by atoms with Crippen LogP contribution in [-0.2, 0) is 17.6 Å². The lowest BCUT2D eigenvalue weighted by Gasteiger charge is -2.22. The number of aromatic nitrogens is 2. The Kier molecular flexibility index (Phi) is 3.75. The van der Waals surface area contributed by atoms with Gasteiger partial charge in [0, 0.05) is 30.9 Å². The van der Waals surface area contributed by atoms with Gasteiger partial charge < -0.3 is 15.0 Å². The quantitative estimate of drug-likeness (QED) is 0.774. The second-order valence-electron chi connectivity index (χ2n) is 4.04. The summed E-state index contributed by atoms with van der Waals surface area (Å²) < 4.78 is 5.40. The van der Waals surface area contributed by atoms with Gasteiger partial charge >= 0.3 is 0 Å². The molecule has 15 heavy (non-hydrogen) atoms. The zero-order chi connectivity index (χ0) is 10.5. The van der Waals surface area contributed by atoms with Crippen molar-refractivity contribution in [1.29, 1.82) is 0 Å². The predicted molar refractivity (Wildman–Crippen MR) is 58.9 cm³/mol. The number of ether oxygens (including phenoxy) is 1. The van der Waals surface area contributed by atoms with Crippen molar-refractivity contribution in [2.24, 2.45) is 0 Å². The average molecular weight is 209 g/mol. The minimum absolute atomic E-state index is 0.416. The molecule has 1 aliphatic heterocycles. The molecule has 2 rings (SSSR count). The number of hydrogen-bond donors (Lipinski definition) is 2. The lowest BCUT2D eigenvalue weighted by molar-refractivity contribution is 0.0764. The fraction of sp³-hybridized carbons (Fsp3) is 0.727. The van der Waals surface area contributed by atoms with Crippen LogP contribution < -0.4 is 5.32 Å². The van der Waals surface area contributed by atoms with Crippen molar-refractivity contribution in [3.05, 3.63) is 17.7 Å². The molecular weight excluding hydrogens is 190 g/mol. The maximum Gasteiger partial charge on any atom is 0.107 e. The van der Waals surface area contributed by atoms with Crippen molar-refractivity contribution in [2.45, 2.75) is 32.2 Å². The highest BCUT2D eigenvalue weighted by atomic mass is 16.5. The highest BCUT2D eigenvalue weighted by Gasteiger charge is 2.14. The molecule has 0 saturated carbocycles. The Balaban J connectivity index is 1.86. The van der Waals surface area contributed by atoms with Crippen molar-refractivity contribution >= 4 is 0 Å². The zero-order valence-corrected chi connectivity index (χ0v) is 9.25. The Hall–Kier alpha value is -0.870. The van der Waals surface area contributed by atoms with Gasteiger partial charge in [-0.05, 0) is 6.42 Å². The van der Waals surface area contributed by atoms with Gasteiger partial charge in [0.1, 0.15) is 5.82 Å². The van der Waals surface area contributed by atoms with Gasteiger partial charge in [0.05, 0.1) is 13.2 Å². The third-order valence-corrected chi connectivity index (χ3v) is 2.64. The standard InChI is InChI=1S/C11H19N3O/c1-2-3-9-7-13-11(14-9)6-10-8-15-5-4-12-10/h7,10,12H,2-6,8H2,1H3,(H,13,14). The molecule has 1 aromatic heterocycles. The molecule has 1 aromatic rings. The van der Waals surface area contributed by atoms with Crippen molar-refractivity contribution in [2.75, 3.05) is 19.8 Å². The van der Waals surface area contributed by atoms with Crippen LogP contribution in [0.25, 0.3) is 0 Å². The van der Waals surface area contributed by atoms with Crippen molar-refractivity contribution in [3.63, 3.8) is 0 Å².